The average Bonchev–Trinajstić information content (AvgIpc) is 3.25. The maximum Gasteiger partial charge on any atom is 0.286 e. The van der Waals surface area contributed by atoms with Gasteiger partial charge >= 0.3 is 0 Å². The Morgan fingerprint density at radius 3 is 2.61 bits per heavy atom. The van der Waals surface area contributed by atoms with E-state index in [1.54, 1.807) is 16.4 Å². The third kappa shape index (κ3) is 2.03. The van der Waals surface area contributed by atoms with Crippen molar-refractivity contribution in [2.75, 3.05) is 12.4 Å². The number of benzene rings is 1. The first-order chi connectivity index (χ1) is 10.9. The fourth-order valence-electron chi connectivity index (χ4n) is 3.28. The van der Waals surface area contributed by atoms with Crippen LogP contribution in [0, 0.1) is 0 Å². The van der Waals surface area contributed by atoms with Gasteiger partial charge in [0.15, 0.2) is 0 Å². The first-order valence-corrected chi connectivity index (χ1v) is 10.4. The second kappa shape index (κ2) is 4.85. The van der Waals surface area contributed by atoms with E-state index in [1.807, 2.05) is 32.0 Å². The Morgan fingerprint density at radius 2 is 1.96 bits per heavy atom. The Hall–Kier alpha value is -1.29. The van der Waals surface area contributed by atoms with Gasteiger partial charge in [-0.2, -0.15) is 0 Å². The molecule has 0 spiro atoms. The van der Waals surface area contributed by atoms with Gasteiger partial charge in [0, 0.05) is 28.5 Å². The number of rotatable bonds is 2. The lowest BCUT2D eigenvalue weighted by molar-refractivity contribution is -0.632. The van der Waals surface area contributed by atoms with E-state index < -0.39 is 7.14 Å². The molecule has 1 saturated heterocycles. The summed E-state index contributed by atoms with van der Waals surface area (Å²) in [5, 5.41) is 4.30. The van der Waals surface area contributed by atoms with Crippen molar-refractivity contribution in [2.45, 2.75) is 41.8 Å². The van der Waals surface area contributed by atoms with Crippen molar-refractivity contribution in [2.24, 2.45) is 0 Å². The minimum atomic E-state index is -2.78. The van der Waals surface area contributed by atoms with E-state index in [2.05, 4.69) is 30.4 Å². The molecular formula is C17H21N3OPS+. The van der Waals surface area contributed by atoms with Crippen molar-refractivity contribution < 1.29 is 9.24 Å². The standard InChI is InChI=1S/C17H21N3OPS/c1-11(2)22(21)12-6-4-5-7-13(12)23-14-8-9-15(17(3)10-19-17)20(18)16(14)22/h4-9,11,19H,10,18H2,1-3H3/q+1. The first-order valence-electron chi connectivity index (χ1n) is 7.85. The molecule has 6 heteroatoms. The molecule has 2 aliphatic rings. The predicted molar refractivity (Wildman–Crippen MR) is 94.7 cm³/mol. The van der Waals surface area contributed by atoms with Crippen molar-refractivity contribution in [3.8, 4) is 0 Å². The molecule has 0 saturated carbocycles. The maximum absolute atomic E-state index is 14.2. The van der Waals surface area contributed by atoms with Crippen molar-refractivity contribution in [3.05, 3.63) is 42.1 Å². The summed E-state index contributed by atoms with van der Waals surface area (Å²) in [6, 6.07) is 12.2. The van der Waals surface area contributed by atoms with E-state index in [1.165, 1.54) is 0 Å². The fraction of sp³-hybridized carbons (Fsp3) is 0.353. The Balaban J connectivity index is 2.03. The molecule has 2 aliphatic heterocycles. The second-order valence-electron chi connectivity index (χ2n) is 6.78. The minimum Gasteiger partial charge on any atom is -0.307 e. The number of hydrogen-bond acceptors (Lipinski definition) is 4. The van der Waals surface area contributed by atoms with Gasteiger partial charge in [0.05, 0.1) is 4.90 Å². The predicted octanol–water partition coefficient (Wildman–Crippen LogP) is 1.69. The van der Waals surface area contributed by atoms with E-state index in [0.717, 1.165) is 32.8 Å². The molecule has 4 rings (SSSR count). The summed E-state index contributed by atoms with van der Waals surface area (Å²) in [5.41, 5.74) is 1.70. The van der Waals surface area contributed by atoms with E-state index in [0.29, 0.717) is 0 Å². The Bertz CT molecular complexity index is 861. The lowest BCUT2D eigenvalue weighted by Gasteiger charge is -2.28. The summed E-state index contributed by atoms with van der Waals surface area (Å²) in [4.78, 5) is 2.09. The topological polar surface area (TPSA) is 68.9 Å². The lowest BCUT2D eigenvalue weighted by atomic mass is 10.1. The van der Waals surface area contributed by atoms with Crippen LogP contribution in [0.2, 0.25) is 0 Å². The number of pyridine rings is 1. The monoisotopic (exact) mass is 346 g/mol. The van der Waals surface area contributed by atoms with E-state index >= 15 is 0 Å². The van der Waals surface area contributed by atoms with Crippen LogP contribution >= 0.6 is 18.9 Å². The van der Waals surface area contributed by atoms with Gasteiger partial charge in [-0.15, -0.1) is 0 Å². The van der Waals surface area contributed by atoms with Crippen LogP contribution in [0.3, 0.4) is 0 Å². The maximum atomic E-state index is 14.2. The Labute approximate surface area is 140 Å². The zero-order valence-corrected chi connectivity index (χ0v) is 15.2. The molecule has 120 valence electrons. The molecule has 1 fully saturated rings. The molecule has 1 aromatic carbocycles. The molecule has 0 radical (unpaired) electrons. The van der Waals surface area contributed by atoms with Crippen molar-refractivity contribution in [3.63, 3.8) is 0 Å². The molecule has 23 heavy (non-hydrogen) atoms. The van der Waals surface area contributed by atoms with E-state index in [4.69, 9.17) is 5.84 Å². The van der Waals surface area contributed by atoms with Crippen molar-refractivity contribution in [1.29, 1.82) is 0 Å². The lowest BCUT2D eigenvalue weighted by Crippen LogP contribution is -2.64. The second-order valence-corrected chi connectivity index (χ2v) is 11.1. The molecular weight excluding hydrogens is 325 g/mol. The number of aromatic nitrogens is 1. The van der Waals surface area contributed by atoms with Gasteiger partial charge in [0.1, 0.15) is 5.54 Å². The number of fused-ring (bicyclic) bond motifs is 2. The molecule has 3 heterocycles. The zero-order valence-electron chi connectivity index (χ0n) is 13.5. The average molecular weight is 346 g/mol. The van der Waals surface area contributed by atoms with Gasteiger partial charge in [-0.1, -0.05) is 42.4 Å². The summed E-state index contributed by atoms with van der Waals surface area (Å²) in [7, 11) is -2.78. The highest BCUT2D eigenvalue weighted by Crippen LogP contribution is 2.55. The highest BCUT2D eigenvalue weighted by atomic mass is 32.2. The minimum absolute atomic E-state index is 0.00770. The van der Waals surface area contributed by atoms with Gasteiger partial charge in [-0.05, 0) is 25.1 Å². The van der Waals surface area contributed by atoms with Crippen LogP contribution < -0.4 is 26.6 Å². The van der Waals surface area contributed by atoms with Gasteiger partial charge < -0.3 is 4.57 Å². The SMILES string of the molecule is CC(C)P1(=O)c2ccccc2Sc2ccc(C3(C)CN3)[n+](N)c21. The fourth-order valence-corrected chi connectivity index (χ4v) is 8.06. The van der Waals surface area contributed by atoms with Gasteiger partial charge in [0.2, 0.25) is 12.8 Å². The number of nitrogen functional groups attached to an aromatic ring is 1. The Morgan fingerprint density at radius 1 is 1.26 bits per heavy atom. The van der Waals surface area contributed by atoms with Crippen LogP contribution in [-0.4, -0.2) is 12.2 Å². The van der Waals surface area contributed by atoms with Gasteiger partial charge in [-0.25, -0.2) is 5.84 Å². The molecule has 2 aromatic rings. The van der Waals surface area contributed by atoms with Crippen LogP contribution in [0.15, 0.2) is 46.2 Å². The number of nitrogens with two attached hydrogens (primary N) is 1. The van der Waals surface area contributed by atoms with Crippen LogP contribution in [0.5, 0.6) is 0 Å². The highest BCUT2D eigenvalue weighted by molar-refractivity contribution is 8.02. The zero-order chi connectivity index (χ0) is 16.4. The molecule has 2 unspecified atom stereocenters. The first kappa shape index (κ1) is 15.3. The third-order valence-corrected chi connectivity index (χ3v) is 9.93. The molecule has 2 atom stereocenters. The largest absolute Gasteiger partial charge is 0.307 e. The number of hydrogen-bond donors (Lipinski definition) is 2. The van der Waals surface area contributed by atoms with Crippen molar-refractivity contribution in [1.82, 2.24) is 5.32 Å². The van der Waals surface area contributed by atoms with E-state index in [9.17, 15) is 4.57 Å². The summed E-state index contributed by atoms with van der Waals surface area (Å²) >= 11 is 1.66. The molecule has 0 bridgehead atoms. The van der Waals surface area contributed by atoms with Gasteiger partial charge in [-0.3, -0.25) is 5.32 Å². The summed E-state index contributed by atoms with van der Waals surface area (Å²) in [6.45, 7) is 7.09. The molecule has 0 amide bonds. The van der Waals surface area contributed by atoms with Crippen molar-refractivity contribution >= 4 is 29.6 Å². The summed E-state index contributed by atoms with van der Waals surface area (Å²) in [6.07, 6.45) is 0. The number of nitrogens with one attached hydrogen (secondary N) is 1. The molecule has 4 nitrogen and oxygen atoms in total. The van der Waals surface area contributed by atoms with E-state index in [-0.39, 0.29) is 11.2 Å². The summed E-state index contributed by atoms with van der Waals surface area (Å²) < 4.78 is 15.9. The third-order valence-electron chi connectivity index (χ3n) is 4.86. The molecule has 3 N–H and O–H groups in total. The smallest absolute Gasteiger partial charge is 0.286 e. The number of nitrogens with zero attached hydrogens (tertiary/aromatic N) is 1. The molecule has 0 aliphatic carbocycles. The molecule has 1 aromatic heterocycles. The van der Waals surface area contributed by atoms with Crippen LogP contribution in [-0.2, 0) is 10.1 Å². The highest BCUT2D eigenvalue weighted by Gasteiger charge is 2.52. The van der Waals surface area contributed by atoms with Gasteiger partial charge in [0.25, 0.3) is 5.44 Å². The van der Waals surface area contributed by atoms with Crippen LogP contribution in [0.4, 0.5) is 0 Å². The normalized spacial score (nSPS) is 28.3. The van der Waals surface area contributed by atoms with Crippen LogP contribution in [0.25, 0.3) is 0 Å². The summed E-state index contributed by atoms with van der Waals surface area (Å²) in [5.74, 6) is 6.49. The Kier molecular flexibility index (Phi) is 3.22. The quantitative estimate of drug-likeness (QED) is 0.376. The van der Waals surface area contributed by atoms with Crippen LogP contribution in [0.1, 0.15) is 26.5 Å².